The molecule has 0 saturated heterocycles. The second kappa shape index (κ2) is 6.22. The minimum atomic E-state index is -0.226. The van der Waals surface area contributed by atoms with Gasteiger partial charge < -0.3 is 15.0 Å². The zero-order valence-corrected chi connectivity index (χ0v) is 11.0. The van der Waals surface area contributed by atoms with Crippen LogP contribution in [0.3, 0.4) is 0 Å². The number of fused-ring (bicyclic) bond motifs is 1. The Bertz CT molecular complexity index is 474. The van der Waals surface area contributed by atoms with E-state index in [9.17, 15) is 9.59 Å². The van der Waals surface area contributed by atoms with Crippen molar-refractivity contribution in [3.8, 4) is 5.75 Å². The maximum Gasteiger partial charge on any atom is 0.236 e. The number of nitrogens with one attached hydrogen (secondary N) is 1. The second-order valence-corrected chi connectivity index (χ2v) is 4.39. The first-order valence-electron chi connectivity index (χ1n) is 6.51. The lowest BCUT2D eigenvalue weighted by molar-refractivity contribution is -0.128. The highest BCUT2D eigenvalue weighted by atomic mass is 16.5. The Morgan fingerprint density at radius 2 is 2.16 bits per heavy atom. The van der Waals surface area contributed by atoms with Gasteiger partial charge in [0, 0.05) is 6.54 Å². The molecule has 19 heavy (non-hydrogen) atoms. The number of ether oxygens (including phenoxy) is 1. The van der Waals surface area contributed by atoms with Gasteiger partial charge in [-0.05, 0) is 18.6 Å². The minimum Gasteiger partial charge on any atom is -0.490 e. The lowest BCUT2D eigenvalue weighted by Gasteiger charge is -2.29. The van der Waals surface area contributed by atoms with Gasteiger partial charge in [0.25, 0.3) is 0 Å². The summed E-state index contributed by atoms with van der Waals surface area (Å²) in [6.45, 7) is 3.52. The average molecular weight is 262 g/mol. The third kappa shape index (κ3) is 3.24. The van der Waals surface area contributed by atoms with Crippen LogP contribution in [0.1, 0.15) is 19.8 Å². The van der Waals surface area contributed by atoms with Crippen molar-refractivity contribution in [2.75, 3.05) is 24.6 Å². The van der Waals surface area contributed by atoms with Gasteiger partial charge in [-0.15, -0.1) is 0 Å². The topological polar surface area (TPSA) is 58.6 Å². The molecule has 1 aliphatic rings. The SMILES string of the molecule is CCCNC(=O)CC(=O)N1CCOc2ccccc21. The molecule has 2 rings (SSSR count). The Hall–Kier alpha value is -2.04. The van der Waals surface area contributed by atoms with Crippen LogP contribution in [0, 0.1) is 0 Å². The predicted molar refractivity (Wildman–Crippen MR) is 72.2 cm³/mol. The van der Waals surface area contributed by atoms with E-state index in [2.05, 4.69) is 5.32 Å². The standard InChI is InChI=1S/C14H18N2O3/c1-2-7-15-13(17)10-14(18)16-8-9-19-12-6-4-3-5-11(12)16/h3-6H,2,7-10H2,1H3,(H,15,17). The summed E-state index contributed by atoms with van der Waals surface area (Å²) in [5.41, 5.74) is 0.738. The van der Waals surface area contributed by atoms with Crippen molar-refractivity contribution >= 4 is 17.5 Å². The van der Waals surface area contributed by atoms with Crippen molar-refractivity contribution in [2.24, 2.45) is 0 Å². The Morgan fingerprint density at radius 3 is 2.95 bits per heavy atom. The molecule has 1 aromatic rings. The van der Waals surface area contributed by atoms with E-state index in [1.807, 2.05) is 31.2 Å². The fourth-order valence-electron chi connectivity index (χ4n) is 1.99. The average Bonchev–Trinajstić information content (AvgIpc) is 2.44. The highest BCUT2D eigenvalue weighted by Crippen LogP contribution is 2.31. The molecule has 0 bridgehead atoms. The summed E-state index contributed by atoms with van der Waals surface area (Å²) in [6.07, 6.45) is 0.745. The van der Waals surface area contributed by atoms with Crippen molar-refractivity contribution in [1.29, 1.82) is 0 Å². The van der Waals surface area contributed by atoms with E-state index in [1.165, 1.54) is 0 Å². The molecule has 0 radical (unpaired) electrons. The number of carbonyl (C=O) groups excluding carboxylic acids is 2. The molecule has 102 valence electrons. The number of para-hydroxylation sites is 2. The van der Waals surface area contributed by atoms with Gasteiger partial charge in [0.15, 0.2) is 0 Å². The van der Waals surface area contributed by atoms with E-state index in [-0.39, 0.29) is 18.2 Å². The molecule has 0 aliphatic carbocycles. The van der Waals surface area contributed by atoms with Crippen molar-refractivity contribution in [3.63, 3.8) is 0 Å². The first kappa shape index (κ1) is 13.4. The molecule has 0 spiro atoms. The molecule has 0 unspecified atom stereocenters. The highest BCUT2D eigenvalue weighted by Gasteiger charge is 2.24. The van der Waals surface area contributed by atoms with E-state index in [4.69, 9.17) is 4.74 Å². The number of amides is 2. The molecule has 5 heteroatoms. The van der Waals surface area contributed by atoms with Gasteiger partial charge >= 0.3 is 0 Å². The smallest absolute Gasteiger partial charge is 0.236 e. The summed E-state index contributed by atoms with van der Waals surface area (Å²) in [6, 6.07) is 7.37. The molecule has 0 atom stereocenters. The van der Waals surface area contributed by atoms with Crippen molar-refractivity contribution in [1.82, 2.24) is 5.32 Å². The zero-order valence-electron chi connectivity index (χ0n) is 11.0. The van der Waals surface area contributed by atoms with Gasteiger partial charge in [0.1, 0.15) is 18.8 Å². The molecule has 0 saturated carbocycles. The summed E-state index contributed by atoms with van der Waals surface area (Å²) in [7, 11) is 0. The Kier molecular flexibility index (Phi) is 4.39. The molecule has 5 nitrogen and oxygen atoms in total. The van der Waals surface area contributed by atoms with Crippen LogP contribution < -0.4 is 15.0 Å². The second-order valence-electron chi connectivity index (χ2n) is 4.39. The molecular weight excluding hydrogens is 244 g/mol. The van der Waals surface area contributed by atoms with E-state index in [0.29, 0.717) is 25.4 Å². The molecule has 1 aromatic carbocycles. The molecular formula is C14H18N2O3. The molecule has 1 aliphatic heterocycles. The first-order valence-corrected chi connectivity index (χ1v) is 6.51. The zero-order chi connectivity index (χ0) is 13.7. The Balaban J connectivity index is 2.03. The number of hydrogen-bond acceptors (Lipinski definition) is 3. The van der Waals surface area contributed by atoms with Gasteiger partial charge in [-0.1, -0.05) is 19.1 Å². The van der Waals surface area contributed by atoms with Crippen LogP contribution in [0.2, 0.25) is 0 Å². The highest BCUT2D eigenvalue weighted by molar-refractivity contribution is 6.05. The van der Waals surface area contributed by atoms with E-state index < -0.39 is 0 Å². The first-order chi connectivity index (χ1) is 9.22. The third-order valence-corrected chi connectivity index (χ3v) is 2.91. The largest absolute Gasteiger partial charge is 0.490 e. The van der Waals surface area contributed by atoms with Crippen LogP contribution in [-0.4, -0.2) is 31.5 Å². The van der Waals surface area contributed by atoms with Crippen molar-refractivity contribution < 1.29 is 14.3 Å². The third-order valence-electron chi connectivity index (χ3n) is 2.91. The normalized spacial score (nSPS) is 13.4. The summed E-state index contributed by atoms with van der Waals surface area (Å²) in [5.74, 6) is 0.274. The van der Waals surface area contributed by atoms with Gasteiger partial charge in [0.05, 0.1) is 12.2 Å². The summed E-state index contributed by atoms with van der Waals surface area (Å²) < 4.78 is 5.48. The van der Waals surface area contributed by atoms with Crippen LogP contribution in [0.4, 0.5) is 5.69 Å². The maximum absolute atomic E-state index is 12.1. The Labute approximate surface area is 112 Å². The molecule has 2 amide bonds. The van der Waals surface area contributed by atoms with Crippen molar-refractivity contribution in [2.45, 2.75) is 19.8 Å². The van der Waals surface area contributed by atoms with Crippen LogP contribution in [0.15, 0.2) is 24.3 Å². The van der Waals surface area contributed by atoms with Crippen LogP contribution in [0.25, 0.3) is 0 Å². The van der Waals surface area contributed by atoms with Gasteiger partial charge in [0.2, 0.25) is 11.8 Å². The summed E-state index contributed by atoms with van der Waals surface area (Å²) in [4.78, 5) is 25.3. The van der Waals surface area contributed by atoms with Gasteiger partial charge in [-0.3, -0.25) is 9.59 Å². The number of anilines is 1. The predicted octanol–water partition coefficient (Wildman–Crippen LogP) is 1.33. The monoisotopic (exact) mass is 262 g/mol. The lowest BCUT2D eigenvalue weighted by Crippen LogP contribution is -2.40. The van der Waals surface area contributed by atoms with E-state index in [1.54, 1.807) is 4.90 Å². The van der Waals surface area contributed by atoms with Gasteiger partial charge in [-0.25, -0.2) is 0 Å². The maximum atomic E-state index is 12.1. The molecule has 1 heterocycles. The summed E-state index contributed by atoms with van der Waals surface area (Å²) in [5, 5.41) is 2.71. The van der Waals surface area contributed by atoms with Crippen LogP contribution in [0.5, 0.6) is 5.75 Å². The number of benzene rings is 1. The minimum absolute atomic E-state index is 0.117. The van der Waals surface area contributed by atoms with E-state index >= 15 is 0 Å². The molecule has 1 N–H and O–H groups in total. The fourth-order valence-corrected chi connectivity index (χ4v) is 1.99. The fraction of sp³-hybridized carbons (Fsp3) is 0.429. The van der Waals surface area contributed by atoms with Crippen LogP contribution >= 0.6 is 0 Å². The lowest BCUT2D eigenvalue weighted by atomic mass is 10.2. The van der Waals surface area contributed by atoms with Crippen LogP contribution in [-0.2, 0) is 9.59 Å². The quantitative estimate of drug-likeness (QED) is 0.833. The molecule has 0 aromatic heterocycles. The number of carbonyl (C=O) groups is 2. The number of rotatable bonds is 4. The Morgan fingerprint density at radius 1 is 1.37 bits per heavy atom. The van der Waals surface area contributed by atoms with Gasteiger partial charge in [-0.2, -0.15) is 0 Å². The number of hydrogen-bond donors (Lipinski definition) is 1. The van der Waals surface area contributed by atoms with Crippen molar-refractivity contribution in [3.05, 3.63) is 24.3 Å². The van der Waals surface area contributed by atoms with E-state index in [0.717, 1.165) is 12.1 Å². The molecule has 0 fully saturated rings. The summed E-state index contributed by atoms with van der Waals surface area (Å²) >= 11 is 0. The number of nitrogens with zero attached hydrogens (tertiary/aromatic N) is 1.